The number of nitrogens with two attached hydrogens (primary N) is 1. The molecule has 6 heteroatoms. The van der Waals surface area contributed by atoms with E-state index in [0.717, 1.165) is 11.3 Å². The first-order chi connectivity index (χ1) is 9.04. The summed E-state index contributed by atoms with van der Waals surface area (Å²) in [5.41, 5.74) is 7.63. The quantitative estimate of drug-likeness (QED) is 0.895. The molecular weight excluding hydrogens is 260 g/mol. The maximum atomic E-state index is 11.8. The van der Waals surface area contributed by atoms with Gasteiger partial charge in [-0.25, -0.2) is 4.98 Å². The van der Waals surface area contributed by atoms with Crippen LogP contribution in [0.1, 0.15) is 5.56 Å². The molecule has 100 valence electrons. The summed E-state index contributed by atoms with van der Waals surface area (Å²) >= 11 is 1.26. The molecule has 2 rings (SSSR count). The predicted octanol–water partition coefficient (Wildman–Crippen LogP) is 1.97. The SMILES string of the molecule is CN(C)c1ccc(CC(=O)Nc2ncc(N)s2)cc1. The van der Waals surface area contributed by atoms with Gasteiger partial charge in [0.1, 0.15) is 5.00 Å². The molecule has 0 saturated carbocycles. The fourth-order valence-corrected chi connectivity index (χ4v) is 2.20. The van der Waals surface area contributed by atoms with E-state index in [1.807, 2.05) is 43.3 Å². The summed E-state index contributed by atoms with van der Waals surface area (Å²) in [5, 5.41) is 3.85. The molecule has 0 saturated heterocycles. The monoisotopic (exact) mass is 276 g/mol. The molecule has 1 aromatic heterocycles. The van der Waals surface area contributed by atoms with Gasteiger partial charge in [0.05, 0.1) is 12.6 Å². The molecule has 1 aromatic carbocycles. The first-order valence-electron chi connectivity index (χ1n) is 5.82. The van der Waals surface area contributed by atoms with Crippen molar-refractivity contribution in [1.82, 2.24) is 4.98 Å². The number of hydrogen-bond donors (Lipinski definition) is 2. The van der Waals surface area contributed by atoms with Gasteiger partial charge in [0, 0.05) is 19.8 Å². The van der Waals surface area contributed by atoms with Gasteiger partial charge < -0.3 is 16.0 Å². The average Bonchev–Trinajstić information content (AvgIpc) is 2.75. The second-order valence-corrected chi connectivity index (χ2v) is 5.42. The van der Waals surface area contributed by atoms with Gasteiger partial charge in [-0.3, -0.25) is 4.79 Å². The highest BCUT2D eigenvalue weighted by Crippen LogP contribution is 2.20. The van der Waals surface area contributed by atoms with E-state index in [4.69, 9.17) is 5.73 Å². The number of rotatable bonds is 4. The largest absolute Gasteiger partial charge is 0.389 e. The summed E-state index contributed by atoms with van der Waals surface area (Å²) < 4.78 is 0. The zero-order valence-electron chi connectivity index (χ0n) is 10.9. The third kappa shape index (κ3) is 3.69. The standard InChI is InChI=1S/C13H16N4OS/c1-17(2)10-5-3-9(4-6-10)7-12(18)16-13-15-8-11(14)19-13/h3-6,8H,7,14H2,1-2H3,(H,15,16,18). The van der Waals surface area contributed by atoms with E-state index in [2.05, 4.69) is 10.3 Å². The van der Waals surface area contributed by atoms with Crippen molar-refractivity contribution in [3.8, 4) is 0 Å². The third-order valence-electron chi connectivity index (χ3n) is 2.59. The van der Waals surface area contributed by atoms with Crippen LogP contribution in [0.5, 0.6) is 0 Å². The Labute approximate surface area is 116 Å². The number of carbonyl (C=O) groups excluding carboxylic acids is 1. The molecule has 1 heterocycles. The smallest absolute Gasteiger partial charge is 0.230 e. The minimum Gasteiger partial charge on any atom is -0.389 e. The number of aromatic nitrogens is 1. The molecular formula is C13H16N4OS. The van der Waals surface area contributed by atoms with Gasteiger partial charge in [0.25, 0.3) is 0 Å². The Morgan fingerprint density at radius 3 is 2.58 bits per heavy atom. The molecule has 0 aliphatic rings. The van der Waals surface area contributed by atoms with Crippen molar-refractivity contribution in [3.05, 3.63) is 36.0 Å². The topological polar surface area (TPSA) is 71.2 Å². The molecule has 1 amide bonds. The maximum Gasteiger partial charge on any atom is 0.230 e. The minimum absolute atomic E-state index is 0.0908. The number of hydrogen-bond acceptors (Lipinski definition) is 5. The predicted molar refractivity (Wildman–Crippen MR) is 79.6 cm³/mol. The molecule has 19 heavy (non-hydrogen) atoms. The molecule has 0 radical (unpaired) electrons. The van der Waals surface area contributed by atoms with Crippen LogP contribution in [0.2, 0.25) is 0 Å². The zero-order chi connectivity index (χ0) is 13.8. The lowest BCUT2D eigenvalue weighted by Gasteiger charge is -2.12. The maximum absolute atomic E-state index is 11.8. The van der Waals surface area contributed by atoms with E-state index in [9.17, 15) is 4.79 Å². The highest BCUT2D eigenvalue weighted by molar-refractivity contribution is 7.19. The van der Waals surface area contributed by atoms with E-state index < -0.39 is 0 Å². The van der Waals surface area contributed by atoms with Crippen molar-refractivity contribution >= 4 is 33.1 Å². The van der Waals surface area contributed by atoms with Crippen LogP contribution in [-0.4, -0.2) is 25.0 Å². The van der Waals surface area contributed by atoms with Crippen molar-refractivity contribution in [2.24, 2.45) is 0 Å². The van der Waals surface area contributed by atoms with E-state index >= 15 is 0 Å². The molecule has 0 spiro atoms. The van der Waals surface area contributed by atoms with Crippen LogP contribution in [0.4, 0.5) is 15.8 Å². The van der Waals surface area contributed by atoms with Crippen molar-refractivity contribution in [2.45, 2.75) is 6.42 Å². The molecule has 0 atom stereocenters. The molecule has 3 N–H and O–H groups in total. The van der Waals surface area contributed by atoms with Crippen LogP contribution >= 0.6 is 11.3 Å². The Morgan fingerprint density at radius 2 is 2.05 bits per heavy atom. The Bertz CT molecular complexity index is 562. The Balaban J connectivity index is 1.95. The van der Waals surface area contributed by atoms with Gasteiger partial charge in [-0.15, -0.1) is 0 Å². The molecule has 0 unspecified atom stereocenters. The molecule has 0 aliphatic carbocycles. The van der Waals surface area contributed by atoms with Crippen LogP contribution in [0.15, 0.2) is 30.5 Å². The fraction of sp³-hybridized carbons (Fsp3) is 0.231. The van der Waals surface area contributed by atoms with Gasteiger partial charge >= 0.3 is 0 Å². The number of nitrogens with one attached hydrogen (secondary N) is 1. The van der Waals surface area contributed by atoms with Crippen LogP contribution < -0.4 is 16.0 Å². The van der Waals surface area contributed by atoms with E-state index in [1.54, 1.807) is 0 Å². The number of thiazole rings is 1. The van der Waals surface area contributed by atoms with E-state index in [1.165, 1.54) is 17.5 Å². The number of benzene rings is 1. The van der Waals surface area contributed by atoms with Crippen LogP contribution in [-0.2, 0) is 11.2 Å². The lowest BCUT2D eigenvalue weighted by molar-refractivity contribution is -0.115. The number of anilines is 3. The Morgan fingerprint density at radius 1 is 1.37 bits per heavy atom. The van der Waals surface area contributed by atoms with Crippen LogP contribution in [0, 0.1) is 0 Å². The minimum atomic E-state index is -0.0908. The van der Waals surface area contributed by atoms with Crippen molar-refractivity contribution in [2.75, 3.05) is 30.0 Å². The summed E-state index contributed by atoms with van der Waals surface area (Å²) in [6.07, 6.45) is 1.86. The van der Waals surface area contributed by atoms with Crippen molar-refractivity contribution in [1.29, 1.82) is 0 Å². The lowest BCUT2D eigenvalue weighted by atomic mass is 10.1. The molecule has 0 bridgehead atoms. The van der Waals surface area contributed by atoms with Crippen LogP contribution in [0.25, 0.3) is 0 Å². The average molecular weight is 276 g/mol. The first-order valence-corrected chi connectivity index (χ1v) is 6.63. The summed E-state index contributed by atoms with van der Waals surface area (Å²) in [4.78, 5) is 17.8. The van der Waals surface area contributed by atoms with Gasteiger partial charge in [-0.05, 0) is 17.7 Å². The number of nitrogens with zero attached hydrogens (tertiary/aromatic N) is 2. The third-order valence-corrected chi connectivity index (χ3v) is 3.33. The molecule has 0 aliphatic heterocycles. The lowest BCUT2D eigenvalue weighted by Crippen LogP contribution is -2.14. The summed E-state index contributed by atoms with van der Waals surface area (Å²) in [5.74, 6) is -0.0908. The zero-order valence-corrected chi connectivity index (χ0v) is 11.7. The number of amides is 1. The van der Waals surface area contributed by atoms with E-state index in [-0.39, 0.29) is 5.91 Å². The van der Waals surface area contributed by atoms with Gasteiger partial charge in [-0.2, -0.15) is 0 Å². The Hall–Kier alpha value is -2.08. The second kappa shape index (κ2) is 5.71. The first kappa shape index (κ1) is 13.4. The Kier molecular flexibility index (Phi) is 4.01. The summed E-state index contributed by atoms with van der Waals surface area (Å²) in [6, 6.07) is 7.88. The molecule has 0 fully saturated rings. The highest BCUT2D eigenvalue weighted by Gasteiger charge is 2.07. The van der Waals surface area contributed by atoms with Crippen molar-refractivity contribution < 1.29 is 4.79 Å². The van der Waals surface area contributed by atoms with E-state index in [0.29, 0.717) is 16.6 Å². The van der Waals surface area contributed by atoms with Crippen LogP contribution in [0.3, 0.4) is 0 Å². The van der Waals surface area contributed by atoms with Gasteiger partial charge in [0.15, 0.2) is 5.13 Å². The summed E-state index contributed by atoms with van der Waals surface area (Å²) in [6.45, 7) is 0. The normalized spacial score (nSPS) is 10.2. The fourth-order valence-electron chi connectivity index (χ4n) is 1.61. The number of carbonyl (C=O) groups is 1. The van der Waals surface area contributed by atoms with Gasteiger partial charge in [0.2, 0.25) is 5.91 Å². The van der Waals surface area contributed by atoms with Crippen molar-refractivity contribution in [3.63, 3.8) is 0 Å². The number of nitrogen functional groups attached to an aromatic ring is 1. The van der Waals surface area contributed by atoms with Gasteiger partial charge in [-0.1, -0.05) is 23.5 Å². The molecule has 5 nitrogen and oxygen atoms in total. The summed E-state index contributed by atoms with van der Waals surface area (Å²) in [7, 11) is 3.96. The molecule has 2 aromatic rings. The second-order valence-electron chi connectivity index (χ2n) is 4.35. The highest BCUT2D eigenvalue weighted by atomic mass is 32.1.